The molecule has 0 N–H and O–H groups in total. The zero-order chi connectivity index (χ0) is 26.6. The molecule has 6 rings (SSSR count). The van der Waals surface area contributed by atoms with Crippen LogP contribution in [-0.4, -0.2) is 23.6 Å². The van der Waals surface area contributed by atoms with Crippen molar-refractivity contribution in [2.24, 2.45) is 4.99 Å². The Morgan fingerprint density at radius 3 is 1.44 bits per heavy atom. The first-order valence-electron chi connectivity index (χ1n) is 13.6. The lowest BCUT2D eigenvalue weighted by Gasteiger charge is -2.33. The summed E-state index contributed by atoms with van der Waals surface area (Å²) in [5.74, 6) is 0.905. The molecule has 0 saturated carbocycles. The summed E-state index contributed by atoms with van der Waals surface area (Å²) in [5.41, 5.74) is 6.69. The predicted octanol–water partition coefficient (Wildman–Crippen LogP) is 8.82. The van der Waals surface area contributed by atoms with Gasteiger partial charge in [0.15, 0.2) is 0 Å². The van der Waals surface area contributed by atoms with Crippen LogP contribution in [0.3, 0.4) is 0 Å². The number of aliphatic imine (C=N–C) groups is 1. The molecule has 6 aromatic rings. The normalized spacial score (nSPS) is 11.0. The van der Waals surface area contributed by atoms with Gasteiger partial charge in [-0.2, -0.15) is 0 Å². The number of hydrogen-bond acceptors (Lipinski definition) is 1. The van der Waals surface area contributed by atoms with Gasteiger partial charge in [-0.25, -0.2) is 4.99 Å². The second kappa shape index (κ2) is 10.9. The van der Waals surface area contributed by atoms with Crippen molar-refractivity contribution in [3.63, 3.8) is 0 Å². The van der Waals surface area contributed by atoms with Gasteiger partial charge >= 0.3 is 0 Å². The van der Waals surface area contributed by atoms with Crippen LogP contribution in [0.1, 0.15) is 13.8 Å². The number of anilines is 2. The Labute approximate surface area is 230 Å². The van der Waals surface area contributed by atoms with E-state index in [1.165, 1.54) is 21.8 Å². The first-order valence-corrected chi connectivity index (χ1v) is 13.6. The Hall–Kier alpha value is -4.83. The van der Waals surface area contributed by atoms with E-state index in [9.17, 15) is 0 Å². The van der Waals surface area contributed by atoms with Gasteiger partial charge in [-0.15, -0.1) is 0 Å². The number of aromatic nitrogens is 1. The molecule has 0 saturated heterocycles. The minimum absolute atomic E-state index is 0.797. The maximum Gasteiger partial charge on any atom is 0.210 e. The lowest BCUT2D eigenvalue weighted by Crippen LogP contribution is -2.44. The van der Waals surface area contributed by atoms with Crippen molar-refractivity contribution in [3.8, 4) is 5.69 Å². The van der Waals surface area contributed by atoms with Crippen molar-refractivity contribution in [1.82, 2.24) is 4.57 Å². The molecule has 0 radical (unpaired) electrons. The van der Waals surface area contributed by atoms with E-state index in [-0.39, 0.29) is 0 Å². The topological polar surface area (TPSA) is 23.8 Å². The molecule has 0 fully saturated rings. The first-order chi connectivity index (χ1) is 19.3. The fourth-order valence-electron chi connectivity index (χ4n) is 5.35. The molecule has 39 heavy (non-hydrogen) atoms. The second-order valence-corrected chi connectivity index (χ2v) is 9.46. The molecule has 0 bridgehead atoms. The van der Waals surface area contributed by atoms with Crippen LogP contribution in [0.15, 0.2) is 138 Å². The molecule has 4 nitrogen and oxygen atoms in total. The number of guanidine groups is 1. The Morgan fingerprint density at radius 1 is 0.538 bits per heavy atom. The van der Waals surface area contributed by atoms with Gasteiger partial charge in [0, 0.05) is 40.9 Å². The van der Waals surface area contributed by atoms with Crippen molar-refractivity contribution >= 4 is 44.8 Å². The van der Waals surface area contributed by atoms with Gasteiger partial charge in [0.2, 0.25) is 5.96 Å². The molecule has 0 amide bonds. The van der Waals surface area contributed by atoms with E-state index in [4.69, 9.17) is 4.99 Å². The summed E-state index contributed by atoms with van der Waals surface area (Å²) in [5, 5.41) is 2.53. The lowest BCUT2D eigenvalue weighted by molar-refractivity contribution is 0.968. The third kappa shape index (κ3) is 4.66. The third-order valence-electron chi connectivity index (χ3n) is 7.17. The smallest absolute Gasteiger partial charge is 0.210 e. The largest absolute Gasteiger partial charge is 0.312 e. The Balaban J connectivity index is 1.46. The summed E-state index contributed by atoms with van der Waals surface area (Å²) in [7, 11) is 0. The van der Waals surface area contributed by atoms with Crippen molar-refractivity contribution < 1.29 is 0 Å². The van der Waals surface area contributed by atoms with Gasteiger partial charge in [0.1, 0.15) is 0 Å². The first kappa shape index (κ1) is 24.5. The maximum atomic E-state index is 5.26. The molecule has 0 aliphatic rings. The zero-order valence-corrected chi connectivity index (χ0v) is 22.4. The van der Waals surface area contributed by atoms with Gasteiger partial charge in [-0.1, -0.05) is 72.8 Å². The number of rotatable bonds is 6. The SMILES string of the molecule is CCN(C(=Nc1ccc(-n2c3ccccc3c3ccccc32)cc1)N(CC)c1ccccc1)c1ccccc1. The Morgan fingerprint density at radius 2 is 0.974 bits per heavy atom. The molecule has 0 aliphatic carbocycles. The third-order valence-corrected chi connectivity index (χ3v) is 7.17. The summed E-state index contributed by atoms with van der Waals surface area (Å²) in [6.07, 6.45) is 0. The van der Waals surface area contributed by atoms with Crippen molar-refractivity contribution in [2.75, 3.05) is 22.9 Å². The standard InChI is InChI=1S/C35H32N4/c1-3-37(28-15-7-5-8-16-28)35(38(4-2)29-17-9-6-10-18-29)36-27-23-25-30(26-24-27)39-33-21-13-11-19-31(33)32-20-12-14-22-34(32)39/h5-26H,3-4H2,1-2H3. The Kier molecular flexibility index (Phi) is 6.84. The number of fused-ring (bicyclic) bond motifs is 3. The second-order valence-electron chi connectivity index (χ2n) is 9.46. The van der Waals surface area contributed by atoms with Crippen molar-refractivity contribution in [3.05, 3.63) is 133 Å². The average molecular weight is 509 g/mol. The molecule has 0 aliphatic heterocycles. The maximum absolute atomic E-state index is 5.26. The fourth-order valence-corrected chi connectivity index (χ4v) is 5.35. The van der Waals surface area contributed by atoms with Crippen LogP contribution in [0.25, 0.3) is 27.5 Å². The summed E-state index contributed by atoms with van der Waals surface area (Å²) >= 11 is 0. The molecule has 0 unspecified atom stereocenters. The molecular formula is C35H32N4. The van der Waals surface area contributed by atoms with Gasteiger partial charge in [-0.3, -0.25) is 0 Å². The molecule has 0 atom stereocenters. The van der Waals surface area contributed by atoms with Crippen LogP contribution in [0.4, 0.5) is 17.1 Å². The molecule has 1 heterocycles. The molecule has 0 spiro atoms. The van der Waals surface area contributed by atoms with E-state index >= 15 is 0 Å². The molecule has 4 heteroatoms. The lowest BCUT2D eigenvalue weighted by atomic mass is 10.2. The fraction of sp³-hybridized carbons (Fsp3) is 0.114. The van der Waals surface area contributed by atoms with Crippen LogP contribution in [0, 0.1) is 0 Å². The summed E-state index contributed by atoms with van der Waals surface area (Å²) in [4.78, 5) is 9.81. The van der Waals surface area contributed by atoms with E-state index in [0.717, 1.165) is 41.8 Å². The average Bonchev–Trinajstić information content (AvgIpc) is 3.34. The van der Waals surface area contributed by atoms with Crippen LogP contribution in [0.2, 0.25) is 0 Å². The summed E-state index contributed by atoms with van der Waals surface area (Å²) in [6, 6.07) is 46.8. The molecule has 192 valence electrons. The van der Waals surface area contributed by atoms with E-state index < -0.39 is 0 Å². The highest BCUT2D eigenvalue weighted by atomic mass is 15.4. The van der Waals surface area contributed by atoms with Crippen LogP contribution >= 0.6 is 0 Å². The predicted molar refractivity (Wildman–Crippen MR) is 167 cm³/mol. The van der Waals surface area contributed by atoms with E-state index in [2.05, 4.69) is 162 Å². The zero-order valence-electron chi connectivity index (χ0n) is 22.4. The molecule has 5 aromatic carbocycles. The number of hydrogen-bond donors (Lipinski definition) is 0. The minimum atomic E-state index is 0.797. The van der Waals surface area contributed by atoms with Crippen molar-refractivity contribution in [2.45, 2.75) is 13.8 Å². The monoisotopic (exact) mass is 508 g/mol. The number of benzene rings is 5. The van der Waals surface area contributed by atoms with Crippen LogP contribution in [-0.2, 0) is 0 Å². The van der Waals surface area contributed by atoms with Crippen LogP contribution < -0.4 is 9.80 Å². The van der Waals surface area contributed by atoms with E-state index in [0.29, 0.717) is 0 Å². The van der Waals surface area contributed by atoms with Gasteiger partial charge in [0.25, 0.3) is 0 Å². The van der Waals surface area contributed by atoms with Gasteiger partial charge < -0.3 is 14.4 Å². The summed E-state index contributed by atoms with van der Waals surface area (Å²) < 4.78 is 2.34. The van der Waals surface area contributed by atoms with E-state index in [1.807, 2.05) is 0 Å². The molecular weight excluding hydrogens is 476 g/mol. The van der Waals surface area contributed by atoms with Gasteiger partial charge in [-0.05, 0) is 74.5 Å². The quantitative estimate of drug-likeness (QED) is 0.166. The number of para-hydroxylation sites is 4. The minimum Gasteiger partial charge on any atom is -0.312 e. The Bertz CT molecular complexity index is 1620. The van der Waals surface area contributed by atoms with Gasteiger partial charge in [0.05, 0.1) is 16.7 Å². The number of nitrogens with zero attached hydrogens (tertiary/aromatic N) is 4. The van der Waals surface area contributed by atoms with E-state index in [1.54, 1.807) is 0 Å². The highest BCUT2D eigenvalue weighted by Gasteiger charge is 2.20. The highest BCUT2D eigenvalue weighted by Crippen LogP contribution is 2.32. The highest BCUT2D eigenvalue weighted by molar-refractivity contribution is 6.09. The molecule has 1 aromatic heterocycles. The van der Waals surface area contributed by atoms with Crippen molar-refractivity contribution in [1.29, 1.82) is 0 Å². The van der Waals surface area contributed by atoms with Crippen LogP contribution in [0.5, 0.6) is 0 Å². The summed E-state index contributed by atoms with van der Waals surface area (Å²) in [6.45, 7) is 5.94.